The van der Waals surface area contributed by atoms with Crippen LogP contribution in [-0.4, -0.2) is 48.6 Å². The average molecular weight is 373 g/mol. The molecule has 1 heterocycles. The third kappa shape index (κ3) is 4.49. The van der Waals surface area contributed by atoms with Crippen molar-refractivity contribution >= 4 is 28.8 Å². The van der Waals surface area contributed by atoms with Crippen LogP contribution >= 0.6 is 12.2 Å². The standard InChI is InChI=1S/C19H20FN3O2S/c20-15-3-5-16(6-4-15)22-9-11-23(12-10-22)19(26)14-1-7-17(8-2-14)25-13-18(21)24/h1-8H,9-13H2,(H2,21,24). The first-order valence-corrected chi connectivity index (χ1v) is 8.75. The number of halogens is 1. The minimum absolute atomic E-state index is 0.144. The minimum Gasteiger partial charge on any atom is -0.484 e. The van der Waals surface area contributed by atoms with Crippen molar-refractivity contribution in [3.8, 4) is 5.75 Å². The highest BCUT2D eigenvalue weighted by Crippen LogP contribution is 2.19. The predicted molar refractivity (Wildman–Crippen MR) is 103 cm³/mol. The number of carbonyl (C=O) groups excluding carboxylic acids is 1. The highest BCUT2D eigenvalue weighted by molar-refractivity contribution is 7.80. The molecule has 0 aliphatic carbocycles. The lowest BCUT2D eigenvalue weighted by molar-refractivity contribution is -0.119. The topological polar surface area (TPSA) is 58.8 Å². The Morgan fingerprint density at radius 2 is 1.65 bits per heavy atom. The summed E-state index contributed by atoms with van der Waals surface area (Å²) in [6.07, 6.45) is 0. The van der Waals surface area contributed by atoms with Gasteiger partial charge in [0.1, 0.15) is 16.6 Å². The third-order valence-corrected chi connectivity index (χ3v) is 4.73. The Morgan fingerprint density at radius 3 is 2.23 bits per heavy atom. The minimum atomic E-state index is -0.511. The molecule has 1 amide bonds. The van der Waals surface area contributed by atoms with Gasteiger partial charge in [0.15, 0.2) is 6.61 Å². The van der Waals surface area contributed by atoms with Gasteiger partial charge in [-0.1, -0.05) is 12.2 Å². The van der Waals surface area contributed by atoms with Crippen LogP contribution in [0.3, 0.4) is 0 Å². The molecule has 3 rings (SSSR count). The van der Waals surface area contributed by atoms with Crippen molar-refractivity contribution in [2.24, 2.45) is 5.73 Å². The van der Waals surface area contributed by atoms with Crippen LogP contribution in [0, 0.1) is 5.82 Å². The molecular formula is C19H20FN3O2S. The van der Waals surface area contributed by atoms with Crippen LogP contribution in [0.25, 0.3) is 0 Å². The molecule has 26 heavy (non-hydrogen) atoms. The maximum Gasteiger partial charge on any atom is 0.255 e. The molecule has 1 saturated heterocycles. The second-order valence-electron chi connectivity index (χ2n) is 6.04. The molecule has 2 N–H and O–H groups in total. The molecule has 0 radical (unpaired) electrons. The fourth-order valence-electron chi connectivity index (χ4n) is 2.85. The number of hydrogen-bond donors (Lipinski definition) is 1. The van der Waals surface area contributed by atoms with Crippen molar-refractivity contribution in [2.45, 2.75) is 0 Å². The highest BCUT2D eigenvalue weighted by atomic mass is 32.1. The number of nitrogens with zero attached hydrogens (tertiary/aromatic N) is 2. The molecule has 2 aromatic carbocycles. The quantitative estimate of drug-likeness (QED) is 0.814. The Hall–Kier alpha value is -2.67. The Bertz CT molecular complexity index is 772. The van der Waals surface area contributed by atoms with Gasteiger partial charge in [-0.15, -0.1) is 0 Å². The molecule has 0 atom stereocenters. The van der Waals surface area contributed by atoms with Gasteiger partial charge in [-0.3, -0.25) is 4.79 Å². The molecule has 2 aromatic rings. The van der Waals surface area contributed by atoms with E-state index in [1.165, 1.54) is 12.1 Å². The number of hydrogen-bond acceptors (Lipinski definition) is 4. The zero-order valence-electron chi connectivity index (χ0n) is 14.2. The summed E-state index contributed by atoms with van der Waals surface area (Å²) in [5.41, 5.74) is 7.02. The van der Waals surface area contributed by atoms with Crippen LogP contribution in [0.5, 0.6) is 5.75 Å². The summed E-state index contributed by atoms with van der Waals surface area (Å²) in [5, 5.41) is 0. The Morgan fingerprint density at radius 1 is 1.04 bits per heavy atom. The Kier molecular flexibility index (Phi) is 5.68. The van der Waals surface area contributed by atoms with E-state index in [0.29, 0.717) is 5.75 Å². The van der Waals surface area contributed by atoms with Crippen LogP contribution in [-0.2, 0) is 4.79 Å². The van der Waals surface area contributed by atoms with E-state index in [4.69, 9.17) is 22.7 Å². The summed E-state index contributed by atoms with van der Waals surface area (Å²) < 4.78 is 18.3. The van der Waals surface area contributed by atoms with Crippen molar-refractivity contribution in [3.63, 3.8) is 0 Å². The van der Waals surface area contributed by atoms with Crippen LogP contribution in [0.15, 0.2) is 48.5 Å². The fourth-order valence-corrected chi connectivity index (χ4v) is 3.17. The van der Waals surface area contributed by atoms with Gasteiger partial charge < -0.3 is 20.3 Å². The first-order valence-electron chi connectivity index (χ1n) is 8.34. The van der Waals surface area contributed by atoms with E-state index >= 15 is 0 Å². The fraction of sp³-hybridized carbons (Fsp3) is 0.263. The van der Waals surface area contributed by atoms with Gasteiger partial charge in [0.2, 0.25) is 0 Å². The van der Waals surface area contributed by atoms with Crippen molar-refractivity contribution < 1.29 is 13.9 Å². The SMILES string of the molecule is NC(=O)COc1ccc(C(=S)N2CCN(c3ccc(F)cc3)CC2)cc1. The highest BCUT2D eigenvalue weighted by Gasteiger charge is 2.20. The van der Waals surface area contributed by atoms with Crippen LogP contribution in [0.2, 0.25) is 0 Å². The van der Waals surface area contributed by atoms with E-state index in [1.807, 2.05) is 12.1 Å². The average Bonchev–Trinajstić information content (AvgIpc) is 2.67. The van der Waals surface area contributed by atoms with Gasteiger partial charge in [0.05, 0.1) is 0 Å². The number of benzene rings is 2. The molecule has 5 nitrogen and oxygen atoms in total. The van der Waals surface area contributed by atoms with E-state index in [9.17, 15) is 9.18 Å². The first-order chi connectivity index (χ1) is 12.5. The largest absolute Gasteiger partial charge is 0.484 e. The van der Waals surface area contributed by atoms with Gasteiger partial charge in [-0.25, -0.2) is 4.39 Å². The number of carbonyl (C=O) groups is 1. The molecule has 136 valence electrons. The lowest BCUT2D eigenvalue weighted by Crippen LogP contribution is -2.48. The number of rotatable bonds is 5. The maximum absolute atomic E-state index is 13.1. The first kappa shape index (κ1) is 18.1. The summed E-state index contributed by atoms with van der Waals surface area (Å²) in [6, 6.07) is 13.9. The zero-order chi connectivity index (χ0) is 18.5. The number of thiocarbonyl (C=S) groups is 1. The normalized spacial score (nSPS) is 14.2. The third-order valence-electron chi connectivity index (χ3n) is 4.24. The second-order valence-corrected chi connectivity index (χ2v) is 6.42. The molecule has 1 fully saturated rings. The lowest BCUT2D eigenvalue weighted by atomic mass is 10.1. The van der Waals surface area contributed by atoms with Crippen molar-refractivity contribution in [1.29, 1.82) is 0 Å². The zero-order valence-corrected chi connectivity index (χ0v) is 15.0. The van der Waals surface area contributed by atoms with E-state index in [1.54, 1.807) is 24.3 Å². The van der Waals surface area contributed by atoms with Gasteiger partial charge in [0.25, 0.3) is 5.91 Å². The maximum atomic E-state index is 13.1. The van der Waals surface area contributed by atoms with Crippen LogP contribution in [0.4, 0.5) is 10.1 Å². The van der Waals surface area contributed by atoms with Gasteiger partial charge in [-0.2, -0.15) is 0 Å². The van der Waals surface area contributed by atoms with E-state index < -0.39 is 5.91 Å². The molecule has 0 aromatic heterocycles. The molecule has 1 aliphatic heterocycles. The number of anilines is 1. The Balaban J connectivity index is 1.56. The molecule has 7 heteroatoms. The summed E-state index contributed by atoms with van der Waals surface area (Å²) in [7, 11) is 0. The van der Waals surface area contributed by atoms with Crippen LogP contribution in [0.1, 0.15) is 5.56 Å². The number of amides is 1. The van der Waals surface area contributed by atoms with Crippen molar-refractivity contribution in [3.05, 3.63) is 59.9 Å². The monoisotopic (exact) mass is 373 g/mol. The van der Waals surface area contributed by atoms with Gasteiger partial charge in [0, 0.05) is 37.4 Å². The second kappa shape index (κ2) is 8.14. The lowest BCUT2D eigenvalue weighted by Gasteiger charge is -2.37. The number of primary amides is 1. The molecule has 1 aliphatic rings. The molecule has 0 spiro atoms. The van der Waals surface area contributed by atoms with Gasteiger partial charge >= 0.3 is 0 Å². The molecular weight excluding hydrogens is 353 g/mol. The van der Waals surface area contributed by atoms with Gasteiger partial charge in [-0.05, 0) is 48.5 Å². The summed E-state index contributed by atoms with van der Waals surface area (Å²) in [5.74, 6) is -0.156. The Labute approximate surface area is 157 Å². The van der Waals surface area contributed by atoms with Crippen LogP contribution < -0.4 is 15.4 Å². The summed E-state index contributed by atoms with van der Waals surface area (Å²) in [4.78, 5) is 15.9. The molecule has 0 unspecified atom stereocenters. The van der Waals surface area contributed by atoms with E-state index in [2.05, 4.69) is 9.80 Å². The summed E-state index contributed by atoms with van der Waals surface area (Å²) in [6.45, 7) is 3.11. The number of piperazine rings is 1. The number of nitrogens with two attached hydrogens (primary N) is 1. The molecule has 0 bridgehead atoms. The smallest absolute Gasteiger partial charge is 0.255 e. The van der Waals surface area contributed by atoms with Crippen molar-refractivity contribution in [2.75, 3.05) is 37.7 Å². The van der Waals surface area contributed by atoms with E-state index in [0.717, 1.165) is 42.4 Å². The van der Waals surface area contributed by atoms with E-state index in [-0.39, 0.29) is 12.4 Å². The predicted octanol–water partition coefficient (Wildman–Crippen LogP) is 2.19. The number of ether oxygens (including phenoxy) is 1. The molecule has 0 saturated carbocycles. The summed E-state index contributed by atoms with van der Waals surface area (Å²) >= 11 is 5.61. The van der Waals surface area contributed by atoms with Crippen molar-refractivity contribution in [1.82, 2.24) is 4.90 Å².